The van der Waals surface area contributed by atoms with Crippen LogP contribution in [0.3, 0.4) is 0 Å². The van der Waals surface area contributed by atoms with Crippen molar-refractivity contribution in [1.29, 1.82) is 0 Å². The van der Waals surface area contributed by atoms with Crippen molar-refractivity contribution >= 4 is 23.4 Å². The fraction of sp³-hybridized carbons (Fsp3) is 0.350. The number of amides is 2. The highest BCUT2D eigenvalue weighted by Crippen LogP contribution is 2.21. The van der Waals surface area contributed by atoms with Gasteiger partial charge in [-0.3, -0.25) is 14.6 Å². The van der Waals surface area contributed by atoms with Crippen LogP contribution < -0.4 is 5.32 Å². The maximum Gasteiger partial charge on any atom is 0.242 e. The Kier molecular flexibility index (Phi) is 6.42. The van der Waals surface area contributed by atoms with Gasteiger partial charge in [-0.2, -0.15) is 0 Å². The molecule has 3 rings (SSSR count). The number of ether oxygens (including phenoxy) is 1. The fourth-order valence-electron chi connectivity index (χ4n) is 2.98. The standard InChI is InChI=1S/C20H22ClN3O3/c1-14(25)22-12-20(26)24-7-8-27-19(13-24)18-6-5-16(11-23-18)9-15-3-2-4-17(21)10-15/h2-6,10-11,19H,7-9,12-13H2,1H3,(H,22,25). The molecule has 142 valence electrons. The quantitative estimate of drug-likeness (QED) is 0.854. The number of rotatable bonds is 5. The van der Waals surface area contributed by atoms with E-state index in [1.807, 2.05) is 42.6 Å². The molecule has 0 bridgehead atoms. The monoisotopic (exact) mass is 387 g/mol. The van der Waals surface area contributed by atoms with Gasteiger partial charge in [0.15, 0.2) is 0 Å². The van der Waals surface area contributed by atoms with Gasteiger partial charge < -0.3 is 15.0 Å². The molecule has 1 aliphatic heterocycles. The van der Waals surface area contributed by atoms with Crippen LogP contribution in [-0.2, 0) is 20.7 Å². The minimum Gasteiger partial charge on any atom is -0.368 e. The molecule has 1 aromatic heterocycles. The molecule has 1 unspecified atom stereocenters. The number of nitrogens with one attached hydrogen (secondary N) is 1. The van der Waals surface area contributed by atoms with Crippen molar-refractivity contribution in [3.8, 4) is 0 Å². The zero-order valence-electron chi connectivity index (χ0n) is 15.2. The molecular formula is C20H22ClN3O3. The summed E-state index contributed by atoms with van der Waals surface area (Å²) in [5.41, 5.74) is 3.00. The van der Waals surface area contributed by atoms with E-state index in [1.165, 1.54) is 6.92 Å². The van der Waals surface area contributed by atoms with Crippen LogP contribution in [0.5, 0.6) is 0 Å². The molecule has 2 heterocycles. The Labute approximate surface area is 163 Å². The first-order valence-corrected chi connectivity index (χ1v) is 9.22. The van der Waals surface area contributed by atoms with Crippen LogP contribution in [0.25, 0.3) is 0 Å². The molecule has 2 amide bonds. The van der Waals surface area contributed by atoms with Crippen LogP contribution in [0.1, 0.15) is 29.8 Å². The van der Waals surface area contributed by atoms with E-state index in [9.17, 15) is 9.59 Å². The molecule has 27 heavy (non-hydrogen) atoms. The van der Waals surface area contributed by atoms with Gasteiger partial charge in [0, 0.05) is 24.7 Å². The molecule has 1 aromatic carbocycles. The maximum atomic E-state index is 12.2. The molecule has 6 nitrogen and oxygen atoms in total. The van der Waals surface area contributed by atoms with Crippen molar-refractivity contribution in [3.05, 3.63) is 64.4 Å². The summed E-state index contributed by atoms with van der Waals surface area (Å²) in [6.45, 7) is 2.79. The number of aromatic nitrogens is 1. The lowest BCUT2D eigenvalue weighted by Gasteiger charge is -2.32. The van der Waals surface area contributed by atoms with Gasteiger partial charge in [-0.15, -0.1) is 0 Å². The van der Waals surface area contributed by atoms with E-state index in [4.69, 9.17) is 16.3 Å². The second kappa shape index (κ2) is 8.97. The number of hydrogen-bond donors (Lipinski definition) is 1. The van der Waals surface area contributed by atoms with Crippen molar-refractivity contribution in [1.82, 2.24) is 15.2 Å². The summed E-state index contributed by atoms with van der Waals surface area (Å²) in [7, 11) is 0. The molecule has 0 radical (unpaired) electrons. The first-order valence-electron chi connectivity index (χ1n) is 8.84. The van der Waals surface area contributed by atoms with Gasteiger partial charge in [0.2, 0.25) is 11.8 Å². The summed E-state index contributed by atoms with van der Waals surface area (Å²) in [6.07, 6.45) is 2.32. The van der Waals surface area contributed by atoms with Crippen LogP contribution in [0.15, 0.2) is 42.6 Å². The lowest BCUT2D eigenvalue weighted by Crippen LogP contribution is -2.46. The summed E-state index contributed by atoms with van der Waals surface area (Å²) in [4.78, 5) is 29.4. The van der Waals surface area contributed by atoms with E-state index in [1.54, 1.807) is 4.90 Å². The van der Waals surface area contributed by atoms with Crippen molar-refractivity contribution in [2.75, 3.05) is 26.2 Å². The number of hydrogen-bond acceptors (Lipinski definition) is 4. The number of benzene rings is 1. The largest absolute Gasteiger partial charge is 0.368 e. The maximum absolute atomic E-state index is 12.2. The number of nitrogens with zero attached hydrogens (tertiary/aromatic N) is 2. The van der Waals surface area contributed by atoms with E-state index < -0.39 is 0 Å². The molecule has 0 spiro atoms. The number of carbonyl (C=O) groups is 2. The molecular weight excluding hydrogens is 366 g/mol. The Hall–Kier alpha value is -2.44. The SMILES string of the molecule is CC(=O)NCC(=O)N1CCOC(c2ccc(Cc3cccc(Cl)c3)cn2)C1. The van der Waals surface area contributed by atoms with Gasteiger partial charge in [0.1, 0.15) is 6.10 Å². The van der Waals surface area contributed by atoms with Gasteiger partial charge in [-0.05, 0) is 35.7 Å². The predicted molar refractivity (Wildman–Crippen MR) is 102 cm³/mol. The van der Waals surface area contributed by atoms with Crippen LogP contribution >= 0.6 is 11.6 Å². The van der Waals surface area contributed by atoms with Crippen LogP contribution in [-0.4, -0.2) is 47.9 Å². The average molecular weight is 388 g/mol. The summed E-state index contributed by atoms with van der Waals surface area (Å²) in [5, 5.41) is 3.25. The molecule has 1 fully saturated rings. The number of halogens is 1. The van der Waals surface area contributed by atoms with E-state index in [0.29, 0.717) is 19.7 Å². The van der Waals surface area contributed by atoms with Gasteiger partial charge >= 0.3 is 0 Å². The molecule has 1 N–H and O–H groups in total. The smallest absolute Gasteiger partial charge is 0.242 e. The van der Waals surface area contributed by atoms with Crippen molar-refractivity contribution in [2.45, 2.75) is 19.4 Å². The van der Waals surface area contributed by atoms with Gasteiger partial charge in [0.25, 0.3) is 0 Å². The molecule has 0 saturated carbocycles. The molecule has 1 saturated heterocycles. The minimum absolute atomic E-state index is 0.00799. The Bertz CT molecular complexity index is 810. The van der Waals surface area contributed by atoms with Gasteiger partial charge in [-0.25, -0.2) is 0 Å². The third-order valence-corrected chi connectivity index (χ3v) is 4.62. The summed E-state index contributed by atoms with van der Waals surface area (Å²) in [5.74, 6) is -0.332. The topological polar surface area (TPSA) is 71.5 Å². The average Bonchev–Trinajstić information content (AvgIpc) is 2.67. The third kappa shape index (κ3) is 5.52. The summed E-state index contributed by atoms with van der Waals surface area (Å²) in [6, 6.07) is 11.7. The lowest BCUT2D eigenvalue weighted by atomic mass is 10.1. The van der Waals surface area contributed by atoms with E-state index >= 15 is 0 Å². The van der Waals surface area contributed by atoms with Gasteiger partial charge in [-0.1, -0.05) is 29.8 Å². The van der Waals surface area contributed by atoms with Gasteiger partial charge in [0.05, 0.1) is 25.4 Å². The number of morpholine rings is 1. The Morgan fingerprint density at radius 2 is 2.15 bits per heavy atom. The van der Waals surface area contributed by atoms with Crippen molar-refractivity contribution in [3.63, 3.8) is 0 Å². The van der Waals surface area contributed by atoms with E-state index in [2.05, 4.69) is 10.3 Å². The highest BCUT2D eigenvalue weighted by atomic mass is 35.5. The Morgan fingerprint density at radius 3 is 2.85 bits per heavy atom. The fourth-order valence-corrected chi connectivity index (χ4v) is 3.19. The number of carbonyl (C=O) groups excluding carboxylic acids is 2. The lowest BCUT2D eigenvalue weighted by molar-refractivity contribution is -0.139. The highest BCUT2D eigenvalue weighted by Gasteiger charge is 2.26. The van der Waals surface area contributed by atoms with Crippen LogP contribution in [0, 0.1) is 0 Å². The molecule has 1 aliphatic rings. The van der Waals surface area contributed by atoms with Crippen LogP contribution in [0.2, 0.25) is 5.02 Å². The molecule has 7 heteroatoms. The molecule has 0 aliphatic carbocycles. The first-order chi connectivity index (χ1) is 13.0. The van der Waals surface area contributed by atoms with Crippen molar-refractivity contribution < 1.29 is 14.3 Å². The second-order valence-corrected chi connectivity index (χ2v) is 6.94. The zero-order valence-corrected chi connectivity index (χ0v) is 15.9. The normalized spacial score (nSPS) is 16.8. The Morgan fingerprint density at radius 1 is 1.30 bits per heavy atom. The first kappa shape index (κ1) is 19.3. The molecule has 1 atom stereocenters. The minimum atomic E-state index is -0.264. The summed E-state index contributed by atoms with van der Waals surface area (Å²) < 4.78 is 5.78. The zero-order chi connectivity index (χ0) is 19.2. The van der Waals surface area contributed by atoms with Crippen molar-refractivity contribution in [2.24, 2.45) is 0 Å². The van der Waals surface area contributed by atoms with E-state index in [0.717, 1.165) is 28.3 Å². The second-order valence-electron chi connectivity index (χ2n) is 6.51. The van der Waals surface area contributed by atoms with E-state index in [-0.39, 0.29) is 24.5 Å². The highest BCUT2D eigenvalue weighted by molar-refractivity contribution is 6.30. The Balaban J connectivity index is 1.60. The molecule has 2 aromatic rings. The van der Waals surface area contributed by atoms with Crippen LogP contribution in [0.4, 0.5) is 0 Å². The number of pyridine rings is 1. The predicted octanol–water partition coefficient (Wildman–Crippen LogP) is 2.36. The summed E-state index contributed by atoms with van der Waals surface area (Å²) >= 11 is 6.03. The third-order valence-electron chi connectivity index (χ3n) is 4.38.